The van der Waals surface area contributed by atoms with Crippen LogP contribution in [-0.2, 0) is 10.0 Å². The molecule has 5 nitrogen and oxygen atoms in total. The maximum atomic E-state index is 12.5. The number of benzene rings is 2. The lowest BCUT2D eigenvalue weighted by Crippen LogP contribution is -2.27. The van der Waals surface area contributed by atoms with Crippen LogP contribution in [-0.4, -0.2) is 21.6 Å². The first kappa shape index (κ1) is 14.9. The Morgan fingerprint density at radius 2 is 1.68 bits per heavy atom. The summed E-state index contributed by atoms with van der Waals surface area (Å²) in [5.74, 6) is 1.03. The lowest BCUT2D eigenvalue weighted by atomic mass is 10.1. The van der Waals surface area contributed by atoms with Gasteiger partial charge in [-0.1, -0.05) is 30.3 Å². The number of ether oxygens (including phenoxy) is 2. The van der Waals surface area contributed by atoms with Crippen LogP contribution in [0.2, 0.25) is 0 Å². The Kier molecular flexibility index (Phi) is 4.04. The molecule has 0 unspecified atom stereocenters. The lowest BCUT2D eigenvalue weighted by molar-refractivity contribution is 0.171. The van der Waals surface area contributed by atoms with E-state index in [1.807, 2.05) is 37.3 Å². The zero-order chi connectivity index (χ0) is 15.6. The van der Waals surface area contributed by atoms with Gasteiger partial charge < -0.3 is 9.47 Å². The Labute approximate surface area is 129 Å². The highest BCUT2D eigenvalue weighted by atomic mass is 32.2. The second kappa shape index (κ2) is 5.98. The van der Waals surface area contributed by atoms with Crippen LogP contribution in [0, 0.1) is 0 Å². The predicted molar refractivity (Wildman–Crippen MR) is 82.6 cm³/mol. The Hall–Kier alpha value is -2.05. The number of sulfonamides is 1. The molecule has 2 aromatic carbocycles. The molecule has 0 aromatic heterocycles. The van der Waals surface area contributed by atoms with Gasteiger partial charge in [-0.2, -0.15) is 0 Å². The average Bonchev–Trinajstić information content (AvgIpc) is 2.55. The zero-order valence-electron chi connectivity index (χ0n) is 12.2. The Balaban J connectivity index is 1.84. The van der Waals surface area contributed by atoms with Crippen molar-refractivity contribution in [2.45, 2.75) is 17.9 Å². The van der Waals surface area contributed by atoms with Gasteiger partial charge in [-0.25, -0.2) is 13.1 Å². The second-order valence-corrected chi connectivity index (χ2v) is 6.77. The largest absolute Gasteiger partial charge is 0.486 e. The molecule has 6 heteroatoms. The summed E-state index contributed by atoms with van der Waals surface area (Å²) in [4.78, 5) is 0.166. The van der Waals surface area contributed by atoms with Crippen LogP contribution in [0.15, 0.2) is 53.4 Å². The van der Waals surface area contributed by atoms with Crippen molar-refractivity contribution < 1.29 is 17.9 Å². The molecule has 3 rings (SSSR count). The first-order valence-corrected chi connectivity index (χ1v) is 8.51. The number of rotatable bonds is 4. The molecule has 0 aliphatic carbocycles. The third kappa shape index (κ3) is 3.08. The molecule has 22 heavy (non-hydrogen) atoms. The maximum absolute atomic E-state index is 12.5. The molecule has 1 aliphatic rings. The first-order chi connectivity index (χ1) is 10.6. The van der Waals surface area contributed by atoms with Crippen molar-refractivity contribution in [1.29, 1.82) is 0 Å². The van der Waals surface area contributed by atoms with E-state index in [-0.39, 0.29) is 10.9 Å². The molecule has 0 amide bonds. The molecule has 1 N–H and O–H groups in total. The van der Waals surface area contributed by atoms with Crippen LogP contribution in [0.3, 0.4) is 0 Å². The van der Waals surface area contributed by atoms with Gasteiger partial charge in [0.1, 0.15) is 13.2 Å². The van der Waals surface area contributed by atoms with E-state index in [0.717, 1.165) is 5.56 Å². The molecule has 0 saturated heterocycles. The minimum atomic E-state index is -3.63. The van der Waals surface area contributed by atoms with Crippen molar-refractivity contribution in [2.24, 2.45) is 0 Å². The fourth-order valence-corrected chi connectivity index (χ4v) is 3.55. The van der Waals surface area contributed by atoms with E-state index in [1.165, 1.54) is 12.1 Å². The van der Waals surface area contributed by atoms with Gasteiger partial charge in [-0.3, -0.25) is 0 Å². The maximum Gasteiger partial charge on any atom is 0.241 e. The minimum Gasteiger partial charge on any atom is -0.486 e. The third-order valence-electron chi connectivity index (χ3n) is 3.46. The van der Waals surface area contributed by atoms with Crippen molar-refractivity contribution in [1.82, 2.24) is 4.72 Å². The van der Waals surface area contributed by atoms with Gasteiger partial charge in [0.25, 0.3) is 0 Å². The number of hydrogen-bond donors (Lipinski definition) is 1. The van der Waals surface area contributed by atoms with E-state index in [0.29, 0.717) is 24.7 Å². The highest BCUT2D eigenvalue weighted by Crippen LogP contribution is 2.32. The van der Waals surface area contributed by atoms with Gasteiger partial charge in [-0.15, -0.1) is 0 Å². The molecular weight excluding hydrogens is 302 g/mol. The molecule has 0 bridgehead atoms. The SMILES string of the molecule is C[C@@H](NS(=O)(=O)c1ccc2c(c1)OCCO2)c1ccccc1. The van der Waals surface area contributed by atoms with Crippen molar-refractivity contribution >= 4 is 10.0 Å². The molecule has 0 spiro atoms. The van der Waals surface area contributed by atoms with Crippen molar-refractivity contribution in [3.63, 3.8) is 0 Å². The smallest absolute Gasteiger partial charge is 0.241 e. The molecule has 0 fully saturated rings. The molecule has 2 aromatic rings. The van der Waals surface area contributed by atoms with Crippen LogP contribution in [0.1, 0.15) is 18.5 Å². The Bertz CT molecular complexity index is 759. The Morgan fingerprint density at radius 3 is 2.41 bits per heavy atom. The van der Waals surface area contributed by atoms with E-state index in [4.69, 9.17) is 9.47 Å². The quantitative estimate of drug-likeness (QED) is 0.940. The van der Waals surface area contributed by atoms with Crippen LogP contribution in [0.5, 0.6) is 11.5 Å². The normalized spacial score (nSPS) is 15.3. The fraction of sp³-hybridized carbons (Fsp3) is 0.250. The molecule has 1 aliphatic heterocycles. The van der Waals surface area contributed by atoms with Gasteiger partial charge in [0.2, 0.25) is 10.0 Å². The minimum absolute atomic E-state index is 0.166. The van der Waals surface area contributed by atoms with Gasteiger partial charge in [0, 0.05) is 12.1 Å². The van der Waals surface area contributed by atoms with Gasteiger partial charge in [0.05, 0.1) is 4.90 Å². The topological polar surface area (TPSA) is 64.6 Å². The molecule has 1 atom stereocenters. The molecule has 116 valence electrons. The summed E-state index contributed by atoms with van der Waals surface area (Å²) in [7, 11) is -3.63. The molecule has 0 radical (unpaired) electrons. The van der Waals surface area contributed by atoms with Crippen LogP contribution in [0.25, 0.3) is 0 Å². The molecular formula is C16H17NO4S. The van der Waals surface area contributed by atoms with Crippen molar-refractivity contribution in [3.8, 4) is 11.5 Å². The summed E-state index contributed by atoms with van der Waals surface area (Å²) in [5, 5.41) is 0. The van der Waals surface area contributed by atoms with Gasteiger partial charge in [-0.05, 0) is 24.6 Å². The summed E-state index contributed by atoms with van der Waals surface area (Å²) < 4.78 is 38.5. The summed E-state index contributed by atoms with van der Waals surface area (Å²) in [6.07, 6.45) is 0. The Morgan fingerprint density at radius 1 is 1.00 bits per heavy atom. The van der Waals surface area contributed by atoms with E-state index in [9.17, 15) is 8.42 Å². The number of fused-ring (bicyclic) bond motifs is 1. The number of nitrogens with one attached hydrogen (secondary N) is 1. The molecule has 1 heterocycles. The van der Waals surface area contributed by atoms with Crippen LogP contribution in [0.4, 0.5) is 0 Å². The van der Waals surface area contributed by atoms with Crippen molar-refractivity contribution in [3.05, 3.63) is 54.1 Å². The van der Waals surface area contributed by atoms with Crippen LogP contribution >= 0.6 is 0 Å². The first-order valence-electron chi connectivity index (χ1n) is 7.03. The highest BCUT2D eigenvalue weighted by molar-refractivity contribution is 7.89. The summed E-state index contributed by atoms with van der Waals surface area (Å²) in [5.41, 5.74) is 0.906. The molecule has 0 saturated carbocycles. The van der Waals surface area contributed by atoms with Gasteiger partial charge >= 0.3 is 0 Å². The fourth-order valence-electron chi connectivity index (χ4n) is 2.30. The monoisotopic (exact) mass is 319 g/mol. The predicted octanol–water partition coefficient (Wildman–Crippen LogP) is 2.50. The highest BCUT2D eigenvalue weighted by Gasteiger charge is 2.21. The van der Waals surface area contributed by atoms with E-state index >= 15 is 0 Å². The van der Waals surface area contributed by atoms with E-state index < -0.39 is 10.0 Å². The second-order valence-electron chi connectivity index (χ2n) is 5.06. The summed E-state index contributed by atoms with van der Waals surface area (Å²) >= 11 is 0. The average molecular weight is 319 g/mol. The van der Waals surface area contributed by atoms with E-state index in [1.54, 1.807) is 6.07 Å². The van der Waals surface area contributed by atoms with Crippen LogP contribution < -0.4 is 14.2 Å². The van der Waals surface area contributed by atoms with Gasteiger partial charge in [0.15, 0.2) is 11.5 Å². The zero-order valence-corrected chi connectivity index (χ0v) is 13.0. The third-order valence-corrected chi connectivity index (χ3v) is 4.99. The standard InChI is InChI=1S/C16H17NO4S/c1-12(13-5-3-2-4-6-13)17-22(18,19)14-7-8-15-16(11-14)21-10-9-20-15/h2-8,11-12,17H,9-10H2,1H3/t12-/m1/s1. The lowest BCUT2D eigenvalue weighted by Gasteiger charge is -2.20. The van der Waals surface area contributed by atoms with E-state index in [2.05, 4.69) is 4.72 Å². The summed E-state index contributed by atoms with van der Waals surface area (Å²) in [6, 6.07) is 13.7. The van der Waals surface area contributed by atoms with Crippen molar-refractivity contribution in [2.75, 3.05) is 13.2 Å². The summed E-state index contributed by atoms with van der Waals surface area (Å²) in [6.45, 7) is 2.71. The number of hydrogen-bond acceptors (Lipinski definition) is 4.